The minimum atomic E-state index is 0.0369. The largest absolute Gasteiger partial charge is 0.354 e. The van der Waals surface area contributed by atoms with Crippen molar-refractivity contribution < 1.29 is 4.79 Å². The molecule has 3 N–H and O–H groups in total. The molecule has 0 spiro atoms. The van der Waals surface area contributed by atoms with Crippen LogP contribution >= 0.6 is 0 Å². The van der Waals surface area contributed by atoms with Crippen LogP contribution in [0.25, 0.3) is 0 Å². The highest BCUT2D eigenvalue weighted by molar-refractivity contribution is 5.78. The first-order valence-electron chi connectivity index (χ1n) is 6.50. The van der Waals surface area contributed by atoms with E-state index in [1.54, 1.807) is 12.4 Å². The van der Waals surface area contributed by atoms with Gasteiger partial charge in [0.15, 0.2) is 0 Å². The summed E-state index contributed by atoms with van der Waals surface area (Å²) in [4.78, 5) is 24.3. The molecule has 1 aromatic rings. The Labute approximate surface area is 112 Å². The molecule has 0 aliphatic carbocycles. The van der Waals surface area contributed by atoms with E-state index in [4.69, 9.17) is 5.73 Å². The summed E-state index contributed by atoms with van der Waals surface area (Å²) in [5.74, 6) is 0.796. The average Bonchev–Trinajstić information content (AvgIpc) is 2.47. The second-order valence-corrected chi connectivity index (χ2v) is 4.45. The van der Waals surface area contributed by atoms with Gasteiger partial charge in [-0.1, -0.05) is 0 Å². The zero-order chi connectivity index (χ0) is 13.5. The molecule has 1 amide bonds. The third-order valence-electron chi connectivity index (χ3n) is 3.04. The quantitative estimate of drug-likeness (QED) is 0.685. The van der Waals surface area contributed by atoms with Crippen LogP contribution in [0, 0.1) is 0 Å². The normalized spacial score (nSPS) is 16.4. The van der Waals surface area contributed by atoms with E-state index in [0.717, 1.165) is 32.1 Å². The van der Waals surface area contributed by atoms with Crippen molar-refractivity contribution in [2.45, 2.75) is 0 Å². The number of carbonyl (C=O) groups excluding carboxylic acids is 1. The first-order valence-corrected chi connectivity index (χ1v) is 6.50. The van der Waals surface area contributed by atoms with Crippen molar-refractivity contribution in [3.05, 3.63) is 18.5 Å². The van der Waals surface area contributed by atoms with Crippen molar-refractivity contribution in [1.29, 1.82) is 0 Å². The Hall–Kier alpha value is -1.73. The highest BCUT2D eigenvalue weighted by Gasteiger charge is 2.20. The Morgan fingerprint density at radius 2 is 1.95 bits per heavy atom. The fourth-order valence-corrected chi connectivity index (χ4v) is 2.03. The third-order valence-corrected chi connectivity index (χ3v) is 3.04. The lowest BCUT2D eigenvalue weighted by atomic mass is 10.3. The number of hydrogen-bond donors (Lipinski definition) is 2. The molecule has 2 rings (SSSR count). The van der Waals surface area contributed by atoms with E-state index < -0.39 is 0 Å². The van der Waals surface area contributed by atoms with Crippen molar-refractivity contribution >= 4 is 11.9 Å². The summed E-state index contributed by atoms with van der Waals surface area (Å²) in [5.41, 5.74) is 5.34. The molecule has 0 radical (unpaired) electrons. The maximum absolute atomic E-state index is 11.6. The van der Waals surface area contributed by atoms with Gasteiger partial charge in [-0.05, 0) is 6.07 Å². The summed E-state index contributed by atoms with van der Waals surface area (Å²) in [7, 11) is 0. The lowest BCUT2D eigenvalue weighted by Crippen LogP contribution is -2.50. The predicted molar refractivity (Wildman–Crippen MR) is 72.7 cm³/mol. The minimum Gasteiger partial charge on any atom is -0.354 e. The monoisotopic (exact) mass is 264 g/mol. The third kappa shape index (κ3) is 4.15. The molecule has 1 saturated heterocycles. The molecule has 7 nitrogen and oxygen atoms in total. The number of amides is 1. The van der Waals surface area contributed by atoms with E-state index in [0.29, 0.717) is 19.6 Å². The summed E-state index contributed by atoms with van der Waals surface area (Å²) in [6.45, 7) is 4.82. The van der Waals surface area contributed by atoms with Crippen molar-refractivity contribution in [2.75, 3.05) is 50.7 Å². The standard InChI is InChI=1S/C12H20N6O/c13-2-5-14-11(19)10-17-6-8-18(9-7-17)12-15-3-1-4-16-12/h1,3-4H,2,5-10,13H2,(H,14,19). The molecular weight excluding hydrogens is 244 g/mol. The molecule has 19 heavy (non-hydrogen) atoms. The second kappa shape index (κ2) is 7.01. The van der Waals surface area contributed by atoms with Gasteiger partial charge < -0.3 is 16.0 Å². The number of aromatic nitrogens is 2. The van der Waals surface area contributed by atoms with Crippen molar-refractivity contribution in [1.82, 2.24) is 20.2 Å². The van der Waals surface area contributed by atoms with E-state index in [-0.39, 0.29) is 5.91 Å². The number of rotatable bonds is 5. The summed E-state index contributed by atoms with van der Waals surface area (Å²) in [6, 6.07) is 1.81. The lowest BCUT2D eigenvalue weighted by Gasteiger charge is -2.34. The smallest absolute Gasteiger partial charge is 0.234 e. The number of nitrogens with zero attached hydrogens (tertiary/aromatic N) is 4. The van der Waals surface area contributed by atoms with Crippen LogP contribution in [-0.4, -0.2) is 66.6 Å². The molecule has 1 aliphatic heterocycles. The highest BCUT2D eigenvalue weighted by atomic mass is 16.2. The van der Waals surface area contributed by atoms with Crippen LogP contribution in [0.5, 0.6) is 0 Å². The SMILES string of the molecule is NCCNC(=O)CN1CCN(c2ncccn2)CC1. The molecular formula is C12H20N6O. The van der Waals surface area contributed by atoms with Gasteiger partial charge >= 0.3 is 0 Å². The molecule has 0 saturated carbocycles. The van der Waals surface area contributed by atoms with Gasteiger partial charge in [0.1, 0.15) is 0 Å². The molecule has 0 bridgehead atoms. The Balaban J connectivity index is 1.75. The van der Waals surface area contributed by atoms with Crippen LogP contribution in [0.2, 0.25) is 0 Å². The predicted octanol–water partition coefficient (Wildman–Crippen LogP) is -1.33. The highest BCUT2D eigenvalue weighted by Crippen LogP contribution is 2.09. The molecule has 0 aromatic carbocycles. The molecule has 1 aliphatic rings. The number of piperazine rings is 1. The number of nitrogens with two attached hydrogens (primary N) is 1. The summed E-state index contributed by atoms with van der Waals surface area (Å²) in [6.07, 6.45) is 3.49. The Morgan fingerprint density at radius 3 is 2.58 bits per heavy atom. The van der Waals surface area contributed by atoms with E-state index in [9.17, 15) is 4.79 Å². The Bertz CT molecular complexity index is 390. The molecule has 2 heterocycles. The topological polar surface area (TPSA) is 87.4 Å². The molecule has 0 atom stereocenters. The van der Waals surface area contributed by atoms with E-state index in [1.165, 1.54) is 0 Å². The summed E-state index contributed by atoms with van der Waals surface area (Å²) < 4.78 is 0. The second-order valence-electron chi connectivity index (χ2n) is 4.45. The summed E-state index contributed by atoms with van der Waals surface area (Å²) in [5, 5.41) is 2.78. The van der Waals surface area contributed by atoms with Crippen LogP contribution in [0.4, 0.5) is 5.95 Å². The lowest BCUT2D eigenvalue weighted by molar-refractivity contribution is -0.122. The van der Waals surface area contributed by atoms with Gasteiger partial charge in [0.25, 0.3) is 0 Å². The molecule has 7 heteroatoms. The number of carbonyl (C=O) groups is 1. The Kier molecular flexibility index (Phi) is 5.05. The fraction of sp³-hybridized carbons (Fsp3) is 0.583. The van der Waals surface area contributed by atoms with Gasteiger partial charge in [-0.2, -0.15) is 0 Å². The van der Waals surface area contributed by atoms with Crippen LogP contribution in [-0.2, 0) is 4.79 Å². The van der Waals surface area contributed by atoms with Gasteiger partial charge in [-0.15, -0.1) is 0 Å². The number of anilines is 1. The van der Waals surface area contributed by atoms with Crippen molar-refractivity contribution in [3.63, 3.8) is 0 Å². The van der Waals surface area contributed by atoms with Crippen LogP contribution in [0.15, 0.2) is 18.5 Å². The van der Waals surface area contributed by atoms with E-state index in [2.05, 4.69) is 25.1 Å². The van der Waals surface area contributed by atoms with Gasteiger partial charge in [0.2, 0.25) is 11.9 Å². The van der Waals surface area contributed by atoms with Crippen LogP contribution in [0.3, 0.4) is 0 Å². The van der Waals surface area contributed by atoms with E-state index >= 15 is 0 Å². The molecule has 104 valence electrons. The fourth-order valence-electron chi connectivity index (χ4n) is 2.03. The Morgan fingerprint density at radius 1 is 1.26 bits per heavy atom. The van der Waals surface area contributed by atoms with Crippen molar-refractivity contribution in [2.24, 2.45) is 5.73 Å². The van der Waals surface area contributed by atoms with E-state index in [1.807, 2.05) is 6.07 Å². The van der Waals surface area contributed by atoms with Gasteiger partial charge in [0.05, 0.1) is 6.54 Å². The van der Waals surface area contributed by atoms with Crippen LogP contribution < -0.4 is 16.0 Å². The molecule has 1 fully saturated rings. The maximum atomic E-state index is 11.6. The van der Waals surface area contributed by atoms with Crippen molar-refractivity contribution in [3.8, 4) is 0 Å². The van der Waals surface area contributed by atoms with Gasteiger partial charge in [-0.25, -0.2) is 9.97 Å². The average molecular weight is 264 g/mol. The first-order chi connectivity index (χ1) is 9.29. The maximum Gasteiger partial charge on any atom is 0.234 e. The van der Waals surface area contributed by atoms with Gasteiger partial charge in [-0.3, -0.25) is 9.69 Å². The van der Waals surface area contributed by atoms with Gasteiger partial charge in [0, 0.05) is 51.7 Å². The molecule has 1 aromatic heterocycles. The first kappa shape index (κ1) is 13.7. The van der Waals surface area contributed by atoms with Crippen LogP contribution in [0.1, 0.15) is 0 Å². The minimum absolute atomic E-state index is 0.0369. The molecule has 0 unspecified atom stereocenters. The summed E-state index contributed by atoms with van der Waals surface area (Å²) >= 11 is 0. The zero-order valence-electron chi connectivity index (χ0n) is 11.0. The number of hydrogen-bond acceptors (Lipinski definition) is 6. The number of nitrogens with one attached hydrogen (secondary N) is 1. The zero-order valence-corrected chi connectivity index (χ0v) is 11.0.